The summed E-state index contributed by atoms with van der Waals surface area (Å²) >= 11 is 0. The highest BCUT2D eigenvalue weighted by Crippen LogP contribution is 2.34. The fourth-order valence-electron chi connectivity index (χ4n) is 7.07. The Morgan fingerprint density at radius 2 is 0.768 bits per heavy atom. The molecule has 9 aromatic rings. The van der Waals surface area contributed by atoms with Crippen LogP contribution in [0.5, 0.6) is 0 Å². The molecular formula is C52H36N4. The number of fused-ring (bicyclic) bond motifs is 1. The maximum atomic E-state index is 9.01. The second kappa shape index (κ2) is 15.4. The summed E-state index contributed by atoms with van der Waals surface area (Å²) in [6.07, 6.45) is 1.99. The van der Waals surface area contributed by atoms with Crippen LogP contribution in [0.15, 0.2) is 212 Å². The highest BCUT2D eigenvalue weighted by molar-refractivity contribution is 6.13. The number of benzene rings is 8. The highest BCUT2D eigenvalue weighted by atomic mass is 15.0. The van der Waals surface area contributed by atoms with Gasteiger partial charge in [-0.3, -0.25) is 0 Å². The molecule has 0 saturated carbocycles. The molecule has 4 nitrogen and oxygen atoms in total. The first kappa shape index (κ1) is 34.2. The summed E-state index contributed by atoms with van der Waals surface area (Å²) in [5.74, 6) is 1.88. The van der Waals surface area contributed by atoms with Crippen molar-refractivity contribution in [1.82, 2.24) is 15.0 Å². The minimum absolute atomic E-state index is 0.467. The molecule has 0 fully saturated rings. The van der Waals surface area contributed by atoms with Gasteiger partial charge in [0.15, 0.2) is 17.5 Å². The summed E-state index contributed by atoms with van der Waals surface area (Å²) in [4.78, 5) is 14.9. The Balaban J connectivity index is 1.08. The molecule has 56 heavy (non-hydrogen) atoms. The first-order valence-corrected chi connectivity index (χ1v) is 18.7. The first-order chi connectivity index (χ1) is 27.7. The monoisotopic (exact) mass is 716 g/mol. The van der Waals surface area contributed by atoms with Crippen LogP contribution in [0.2, 0.25) is 0 Å². The number of aromatic nitrogens is 3. The molecule has 4 heteroatoms. The van der Waals surface area contributed by atoms with E-state index in [1.807, 2.05) is 91.0 Å². The van der Waals surface area contributed by atoms with E-state index in [0.717, 1.165) is 66.4 Å². The van der Waals surface area contributed by atoms with Crippen LogP contribution in [0.1, 0.15) is 16.7 Å². The van der Waals surface area contributed by atoms with Gasteiger partial charge >= 0.3 is 0 Å². The zero-order chi connectivity index (χ0) is 37.7. The number of rotatable bonds is 9. The van der Waals surface area contributed by atoms with E-state index in [0.29, 0.717) is 23.2 Å². The van der Waals surface area contributed by atoms with Crippen molar-refractivity contribution in [3.63, 3.8) is 0 Å². The number of nitrogens with one attached hydrogen (secondary N) is 1. The van der Waals surface area contributed by atoms with E-state index < -0.39 is 0 Å². The molecule has 0 atom stereocenters. The van der Waals surface area contributed by atoms with Gasteiger partial charge < -0.3 is 5.41 Å². The minimum Gasteiger partial charge on any atom is -0.300 e. The van der Waals surface area contributed by atoms with Crippen LogP contribution >= 0.6 is 0 Å². The van der Waals surface area contributed by atoms with Crippen LogP contribution in [0.4, 0.5) is 0 Å². The molecule has 0 aliphatic carbocycles. The van der Waals surface area contributed by atoms with Gasteiger partial charge in [-0.1, -0.05) is 200 Å². The molecule has 0 bridgehead atoms. The molecule has 0 spiro atoms. The maximum absolute atomic E-state index is 9.01. The van der Waals surface area contributed by atoms with E-state index in [1.165, 1.54) is 5.56 Å². The molecular weight excluding hydrogens is 681 g/mol. The lowest BCUT2D eigenvalue weighted by Gasteiger charge is -2.14. The molecule has 0 saturated heterocycles. The van der Waals surface area contributed by atoms with Crippen LogP contribution < -0.4 is 0 Å². The Morgan fingerprint density at radius 1 is 0.357 bits per heavy atom. The Kier molecular flexibility index (Phi) is 9.43. The van der Waals surface area contributed by atoms with E-state index in [2.05, 4.69) is 121 Å². The molecule has 0 radical (unpaired) electrons. The van der Waals surface area contributed by atoms with Gasteiger partial charge in [-0.25, -0.2) is 15.0 Å². The van der Waals surface area contributed by atoms with Crippen molar-refractivity contribution < 1.29 is 0 Å². The third kappa shape index (κ3) is 7.20. The number of allylic oxidation sites excluding steroid dienone is 1. The lowest BCUT2D eigenvalue weighted by molar-refractivity contribution is 1.07. The third-order valence-corrected chi connectivity index (χ3v) is 10.0. The van der Waals surface area contributed by atoms with Crippen molar-refractivity contribution in [1.29, 1.82) is 5.41 Å². The zero-order valence-electron chi connectivity index (χ0n) is 30.5. The highest BCUT2D eigenvalue weighted by Gasteiger charge is 2.15. The van der Waals surface area contributed by atoms with Crippen molar-refractivity contribution in [2.75, 3.05) is 0 Å². The summed E-state index contributed by atoms with van der Waals surface area (Å²) in [7, 11) is 0. The van der Waals surface area contributed by atoms with Gasteiger partial charge in [0.1, 0.15) is 0 Å². The number of nitrogens with zero attached hydrogens (tertiary/aromatic N) is 3. The quantitative estimate of drug-likeness (QED) is 0.151. The van der Waals surface area contributed by atoms with E-state index >= 15 is 0 Å². The molecule has 8 aromatic carbocycles. The van der Waals surface area contributed by atoms with Gasteiger partial charge in [0.2, 0.25) is 0 Å². The SMILES string of the molecule is N=C(/C=C(/c1ccccc1)c1cccc2ccc(-c3ccc(-c4nc(-c5ccccc5)nc(-c5ccc(-c6ccccc6)cc5)n4)cc3)cc12)c1ccccc1. The molecule has 9 rings (SSSR count). The lowest BCUT2D eigenvalue weighted by Crippen LogP contribution is -2.00. The molecule has 1 aromatic heterocycles. The van der Waals surface area contributed by atoms with E-state index in [4.69, 9.17) is 20.4 Å². The summed E-state index contributed by atoms with van der Waals surface area (Å²) in [5.41, 5.74) is 11.8. The van der Waals surface area contributed by atoms with Crippen molar-refractivity contribution in [2.45, 2.75) is 0 Å². The van der Waals surface area contributed by atoms with Crippen LogP contribution in [0.25, 0.3) is 72.8 Å². The van der Waals surface area contributed by atoms with Crippen molar-refractivity contribution in [3.8, 4) is 56.4 Å². The third-order valence-electron chi connectivity index (χ3n) is 10.0. The fraction of sp³-hybridized carbons (Fsp3) is 0. The molecule has 1 N–H and O–H groups in total. The number of hydrogen-bond donors (Lipinski definition) is 1. The first-order valence-electron chi connectivity index (χ1n) is 18.7. The summed E-state index contributed by atoms with van der Waals surface area (Å²) in [6.45, 7) is 0. The van der Waals surface area contributed by atoms with Gasteiger partial charge in [-0.05, 0) is 67.4 Å². The van der Waals surface area contributed by atoms with Crippen LogP contribution in [-0.4, -0.2) is 20.7 Å². The Hall–Kier alpha value is -7.56. The van der Waals surface area contributed by atoms with Gasteiger partial charge in [-0.2, -0.15) is 0 Å². The molecule has 0 unspecified atom stereocenters. The average molecular weight is 717 g/mol. The van der Waals surface area contributed by atoms with Crippen LogP contribution in [-0.2, 0) is 0 Å². The fourth-order valence-corrected chi connectivity index (χ4v) is 7.07. The van der Waals surface area contributed by atoms with E-state index in [9.17, 15) is 0 Å². The molecule has 0 aliphatic heterocycles. The summed E-state index contributed by atoms with van der Waals surface area (Å²) in [6, 6.07) is 70.5. The van der Waals surface area contributed by atoms with Gasteiger partial charge in [0.05, 0.1) is 5.71 Å². The Labute approximate surface area is 326 Å². The van der Waals surface area contributed by atoms with E-state index in [1.54, 1.807) is 0 Å². The normalized spacial score (nSPS) is 11.4. The molecule has 0 amide bonds. The average Bonchev–Trinajstić information content (AvgIpc) is 3.29. The van der Waals surface area contributed by atoms with Crippen molar-refractivity contribution in [3.05, 3.63) is 229 Å². The predicted octanol–water partition coefficient (Wildman–Crippen LogP) is 12.9. The molecule has 0 aliphatic rings. The maximum Gasteiger partial charge on any atom is 0.164 e. The topological polar surface area (TPSA) is 62.5 Å². The standard InChI is InChI=1S/C52H36N4/c53-49(41-18-9-3-10-19-41)35-48(39-16-7-2-8-17-39)46-23-13-22-40-28-33-45(34-47(40)46)38-26-31-44(32-27-38)52-55-50(42-20-11-4-12-21-42)54-51(56-52)43-29-24-37(25-30-43)36-14-5-1-6-15-36/h1-35,53H/b48-35-,53-49?. The Bertz CT molecular complexity index is 2810. The number of hydrogen-bond acceptors (Lipinski definition) is 4. The second-order valence-corrected chi connectivity index (χ2v) is 13.6. The zero-order valence-corrected chi connectivity index (χ0v) is 30.5. The van der Waals surface area contributed by atoms with Crippen molar-refractivity contribution >= 4 is 22.1 Å². The second-order valence-electron chi connectivity index (χ2n) is 13.6. The van der Waals surface area contributed by atoms with Crippen molar-refractivity contribution in [2.24, 2.45) is 0 Å². The minimum atomic E-state index is 0.467. The van der Waals surface area contributed by atoms with E-state index in [-0.39, 0.29) is 0 Å². The van der Waals surface area contributed by atoms with Crippen LogP contribution in [0.3, 0.4) is 0 Å². The smallest absolute Gasteiger partial charge is 0.164 e. The molecule has 264 valence electrons. The van der Waals surface area contributed by atoms with Gasteiger partial charge in [-0.15, -0.1) is 0 Å². The predicted molar refractivity (Wildman–Crippen MR) is 231 cm³/mol. The lowest BCUT2D eigenvalue weighted by atomic mass is 9.90. The molecule has 1 heterocycles. The largest absolute Gasteiger partial charge is 0.300 e. The summed E-state index contributed by atoms with van der Waals surface area (Å²) in [5, 5.41) is 11.3. The summed E-state index contributed by atoms with van der Waals surface area (Å²) < 4.78 is 0. The van der Waals surface area contributed by atoms with Crippen LogP contribution in [0, 0.1) is 5.41 Å². The Morgan fingerprint density at radius 3 is 1.32 bits per heavy atom. The van der Waals surface area contributed by atoms with Gasteiger partial charge in [0.25, 0.3) is 0 Å². The van der Waals surface area contributed by atoms with Gasteiger partial charge in [0, 0.05) is 16.7 Å².